The van der Waals surface area contributed by atoms with Crippen molar-refractivity contribution < 1.29 is 19.1 Å². The minimum Gasteiger partial charge on any atom is -0.497 e. The van der Waals surface area contributed by atoms with Crippen LogP contribution in [-0.4, -0.2) is 25.5 Å². The number of esters is 1. The van der Waals surface area contributed by atoms with Crippen LogP contribution in [0, 0.1) is 0 Å². The Labute approximate surface area is 106 Å². The number of carbonyl (C=O) groups excluding carboxylic acids is 2. The van der Waals surface area contributed by atoms with E-state index in [1.807, 2.05) is 18.2 Å². The quantitative estimate of drug-likeness (QED) is 0.440. The highest BCUT2D eigenvalue weighted by Crippen LogP contribution is 2.13. The maximum Gasteiger partial charge on any atom is 0.313 e. The zero-order valence-corrected chi connectivity index (χ0v) is 10.5. The monoisotopic (exact) mass is 248 g/mol. The number of allylic oxidation sites excluding steroid dienone is 1. The molecule has 18 heavy (non-hydrogen) atoms. The van der Waals surface area contributed by atoms with Gasteiger partial charge in [-0.1, -0.05) is 18.2 Å². The molecule has 0 unspecified atom stereocenters. The number of carbonyl (C=O) groups is 2. The van der Waals surface area contributed by atoms with Gasteiger partial charge in [0, 0.05) is 0 Å². The van der Waals surface area contributed by atoms with Crippen molar-refractivity contribution in [1.29, 1.82) is 0 Å². The summed E-state index contributed by atoms with van der Waals surface area (Å²) in [6.45, 7) is 1.99. The molecule has 4 heteroatoms. The van der Waals surface area contributed by atoms with Crippen LogP contribution in [-0.2, 0) is 14.3 Å². The molecule has 0 aliphatic heterocycles. The Hall–Kier alpha value is -2.10. The van der Waals surface area contributed by atoms with Crippen LogP contribution in [0.2, 0.25) is 0 Å². The molecule has 1 aromatic rings. The van der Waals surface area contributed by atoms with Gasteiger partial charge in [0.15, 0.2) is 5.78 Å². The van der Waals surface area contributed by atoms with Crippen molar-refractivity contribution in [3.63, 3.8) is 0 Å². The van der Waals surface area contributed by atoms with Gasteiger partial charge in [-0.25, -0.2) is 0 Å². The smallest absolute Gasteiger partial charge is 0.313 e. The maximum atomic E-state index is 11.4. The topological polar surface area (TPSA) is 52.6 Å². The van der Waals surface area contributed by atoms with Crippen molar-refractivity contribution in [3.05, 3.63) is 35.9 Å². The predicted octanol–water partition coefficient (Wildman–Crippen LogP) is 2.23. The summed E-state index contributed by atoms with van der Waals surface area (Å²) < 4.78 is 9.75. The molecule has 4 nitrogen and oxygen atoms in total. The fourth-order valence-electron chi connectivity index (χ4n) is 1.35. The van der Waals surface area contributed by atoms with E-state index < -0.39 is 5.97 Å². The molecule has 0 N–H and O–H groups in total. The Morgan fingerprint density at radius 1 is 1.33 bits per heavy atom. The van der Waals surface area contributed by atoms with Crippen LogP contribution in [0.1, 0.15) is 18.9 Å². The standard InChI is InChI=1S/C14H16O4/c1-3-18-14(16)10-12(15)8-7-11-5-4-6-13(9-11)17-2/h4-9H,3,10H2,1-2H3. The summed E-state index contributed by atoms with van der Waals surface area (Å²) in [5.41, 5.74) is 0.839. The molecular formula is C14H16O4. The molecule has 0 saturated carbocycles. The summed E-state index contributed by atoms with van der Waals surface area (Å²) in [6, 6.07) is 7.29. The lowest BCUT2D eigenvalue weighted by Crippen LogP contribution is -2.08. The molecule has 0 aromatic heterocycles. The average Bonchev–Trinajstić information content (AvgIpc) is 2.37. The molecule has 0 spiro atoms. The SMILES string of the molecule is CCOC(=O)CC(=O)C=Cc1cccc(OC)c1. The molecular weight excluding hydrogens is 232 g/mol. The van der Waals surface area contributed by atoms with Crippen molar-refractivity contribution in [3.8, 4) is 5.75 Å². The highest BCUT2D eigenvalue weighted by atomic mass is 16.5. The third-order valence-electron chi connectivity index (χ3n) is 2.18. The van der Waals surface area contributed by atoms with Crippen LogP contribution in [0.3, 0.4) is 0 Å². The summed E-state index contributed by atoms with van der Waals surface area (Å²) in [5, 5.41) is 0. The van der Waals surface area contributed by atoms with Crippen molar-refractivity contribution in [2.24, 2.45) is 0 Å². The van der Waals surface area contributed by atoms with Crippen LogP contribution in [0.4, 0.5) is 0 Å². The van der Waals surface area contributed by atoms with E-state index in [4.69, 9.17) is 4.74 Å². The molecule has 0 saturated heterocycles. The summed E-state index contributed by atoms with van der Waals surface area (Å²) in [6.07, 6.45) is 2.78. The van der Waals surface area contributed by atoms with Gasteiger partial charge in [-0.3, -0.25) is 9.59 Å². The molecule has 0 bridgehead atoms. The number of ketones is 1. The van der Waals surface area contributed by atoms with E-state index in [9.17, 15) is 9.59 Å². The van der Waals surface area contributed by atoms with Crippen molar-refractivity contribution in [2.75, 3.05) is 13.7 Å². The normalized spacial score (nSPS) is 10.3. The fourth-order valence-corrected chi connectivity index (χ4v) is 1.35. The van der Waals surface area contributed by atoms with Crippen LogP contribution in [0.25, 0.3) is 6.08 Å². The summed E-state index contributed by atoms with van der Waals surface area (Å²) >= 11 is 0. The Morgan fingerprint density at radius 3 is 2.78 bits per heavy atom. The first-order chi connectivity index (χ1) is 8.65. The fraction of sp³-hybridized carbons (Fsp3) is 0.286. The van der Waals surface area contributed by atoms with Gasteiger partial charge in [-0.05, 0) is 30.7 Å². The van der Waals surface area contributed by atoms with E-state index in [0.29, 0.717) is 0 Å². The number of methoxy groups -OCH3 is 1. The second kappa shape index (κ2) is 7.27. The van der Waals surface area contributed by atoms with Crippen molar-refractivity contribution in [1.82, 2.24) is 0 Å². The van der Waals surface area contributed by atoms with Gasteiger partial charge >= 0.3 is 5.97 Å². The Bertz CT molecular complexity index is 449. The molecule has 0 atom stereocenters. The summed E-state index contributed by atoms with van der Waals surface area (Å²) in [5.74, 6) is -0.0657. The maximum absolute atomic E-state index is 11.4. The highest BCUT2D eigenvalue weighted by Gasteiger charge is 2.06. The van der Waals surface area contributed by atoms with Crippen LogP contribution < -0.4 is 4.74 Å². The number of ether oxygens (including phenoxy) is 2. The third kappa shape index (κ3) is 4.82. The molecule has 1 aromatic carbocycles. The van der Waals surface area contributed by atoms with E-state index >= 15 is 0 Å². The molecule has 0 aliphatic carbocycles. The van der Waals surface area contributed by atoms with Gasteiger partial charge in [0.2, 0.25) is 0 Å². The van der Waals surface area contributed by atoms with Gasteiger partial charge in [-0.2, -0.15) is 0 Å². The summed E-state index contributed by atoms with van der Waals surface area (Å²) in [4.78, 5) is 22.5. The first kappa shape index (κ1) is 14.0. The number of hydrogen-bond donors (Lipinski definition) is 0. The third-order valence-corrected chi connectivity index (χ3v) is 2.18. The van der Waals surface area contributed by atoms with E-state index in [1.165, 1.54) is 6.08 Å². The van der Waals surface area contributed by atoms with Crippen LogP contribution >= 0.6 is 0 Å². The minimum atomic E-state index is -0.502. The van der Waals surface area contributed by atoms with E-state index in [2.05, 4.69) is 4.74 Å². The zero-order valence-electron chi connectivity index (χ0n) is 10.5. The van der Waals surface area contributed by atoms with Crippen LogP contribution in [0.15, 0.2) is 30.3 Å². The first-order valence-electron chi connectivity index (χ1n) is 5.66. The zero-order chi connectivity index (χ0) is 13.4. The Balaban J connectivity index is 2.57. The van der Waals surface area contributed by atoms with Gasteiger partial charge in [0.05, 0.1) is 13.7 Å². The summed E-state index contributed by atoms with van der Waals surface area (Å²) in [7, 11) is 1.58. The van der Waals surface area contributed by atoms with Gasteiger partial charge < -0.3 is 9.47 Å². The largest absolute Gasteiger partial charge is 0.497 e. The van der Waals surface area contributed by atoms with E-state index in [1.54, 1.807) is 26.2 Å². The van der Waals surface area contributed by atoms with Gasteiger partial charge in [0.25, 0.3) is 0 Å². The van der Waals surface area contributed by atoms with E-state index in [-0.39, 0.29) is 18.8 Å². The lowest BCUT2D eigenvalue weighted by Gasteiger charge is -2.00. The molecule has 0 radical (unpaired) electrons. The molecule has 96 valence electrons. The van der Waals surface area contributed by atoms with Crippen LogP contribution in [0.5, 0.6) is 5.75 Å². The molecule has 0 amide bonds. The highest BCUT2D eigenvalue weighted by molar-refractivity contribution is 6.03. The minimum absolute atomic E-state index is 0.228. The average molecular weight is 248 g/mol. The number of hydrogen-bond acceptors (Lipinski definition) is 4. The predicted molar refractivity (Wildman–Crippen MR) is 68.3 cm³/mol. The number of rotatable bonds is 6. The first-order valence-corrected chi connectivity index (χ1v) is 5.66. The lowest BCUT2D eigenvalue weighted by atomic mass is 10.1. The van der Waals surface area contributed by atoms with Crippen molar-refractivity contribution in [2.45, 2.75) is 13.3 Å². The molecule has 0 heterocycles. The Morgan fingerprint density at radius 2 is 2.11 bits per heavy atom. The number of benzene rings is 1. The molecule has 1 rings (SSSR count). The van der Waals surface area contributed by atoms with E-state index in [0.717, 1.165) is 11.3 Å². The lowest BCUT2D eigenvalue weighted by molar-refractivity contribution is -0.144. The Kier molecular flexibility index (Phi) is 5.64. The van der Waals surface area contributed by atoms with Crippen molar-refractivity contribution >= 4 is 17.8 Å². The van der Waals surface area contributed by atoms with Gasteiger partial charge in [0.1, 0.15) is 12.2 Å². The van der Waals surface area contributed by atoms with Gasteiger partial charge in [-0.15, -0.1) is 0 Å². The molecule has 0 aliphatic rings. The second-order valence-electron chi connectivity index (χ2n) is 3.56. The second-order valence-corrected chi connectivity index (χ2v) is 3.56. The molecule has 0 fully saturated rings.